The van der Waals surface area contributed by atoms with Crippen LogP contribution in [0.3, 0.4) is 0 Å². The van der Waals surface area contributed by atoms with Crippen LogP contribution in [0.1, 0.15) is 48.9 Å². The van der Waals surface area contributed by atoms with Gasteiger partial charge in [0.2, 0.25) is 5.91 Å². The van der Waals surface area contributed by atoms with Crippen LogP contribution in [0.15, 0.2) is 61.2 Å². The monoisotopic (exact) mass is 408 g/mol. The van der Waals surface area contributed by atoms with Crippen LogP contribution in [-0.4, -0.2) is 39.2 Å². The van der Waals surface area contributed by atoms with Crippen molar-refractivity contribution in [3.63, 3.8) is 0 Å². The van der Waals surface area contributed by atoms with Gasteiger partial charge in [-0.2, -0.15) is 0 Å². The zero-order valence-electron chi connectivity index (χ0n) is 17.0. The van der Waals surface area contributed by atoms with Gasteiger partial charge < -0.3 is 9.84 Å². The summed E-state index contributed by atoms with van der Waals surface area (Å²) < 4.78 is 7.73. The van der Waals surface area contributed by atoms with Crippen LogP contribution in [0.5, 0.6) is 0 Å². The van der Waals surface area contributed by atoms with Crippen LogP contribution in [0.25, 0.3) is 0 Å². The Hall–Kier alpha value is -2.73. The van der Waals surface area contributed by atoms with Crippen molar-refractivity contribution in [1.29, 1.82) is 0 Å². The number of carboxylic acid groups (broad SMARTS) is 1. The minimum atomic E-state index is -0.755. The number of fused-ring (bicyclic) bond motifs is 2. The highest BCUT2D eigenvalue weighted by molar-refractivity contribution is 5.79. The summed E-state index contributed by atoms with van der Waals surface area (Å²) in [6, 6.07) is 10.5. The summed E-state index contributed by atoms with van der Waals surface area (Å²) in [5.74, 6) is -0.249. The molecule has 6 nitrogen and oxygen atoms in total. The van der Waals surface area contributed by atoms with E-state index < -0.39 is 5.97 Å². The molecule has 1 aliphatic heterocycles. The number of nitrogens with zero attached hydrogens (tertiary/aromatic N) is 2. The number of ether oxygens (including phenoxy) is 1. The maximum Gasteiger partial charge on any atom is 0.303 e. The SMILES string of the molecule is O=C(O)CCC/C=C\C[C@H]1[C@@H](CC(=O)n2ccnc2)[C@@H]2C[C@@]1(c1ccccc1)CO2. The molecule has 0 radical (unpaired) electrons. The molecule has 2 aliphatic rings. The fraction of sp³-hybridized carbons (Fsp3) is 0.458. The summed E-state index contributed by atoms with van der Waals surface area (Å²) in [5.41, 5.74) is 1.21. The molecule has 158 valence electrons. The number of carboxylic acids is 1. The number of hydrogen-bond acceptors (Lipinski definition) is 4. The normalized spacial score (nSPS) is 27.7. The van der Waals surface area contributed by atoms with Crippen molar-refractivity contribution >= 4 is 11.9 Å². The zero-order chi connectivity index (χ0) is 21.0. The van der Waals surface area contributed by atoms with E-state index in [9.17, 15) is 9.59 Å². The average Bonchev–Trinajstić information content (AvgIpc) is 3.48. The Morgan fingerprint density at radius 1 is 1.27 bits per heavy atom. The number of carbonyl (C=O) groups excluding carboxylic acids is 1. The molecule has 4 rings (SSSR count). The molecule has 30 heavy (non-hydrogen) atoms. The van der Waals surface area contributed by atoms with Gasteiger partial charge in [0, 0.05) is 30.7 Å². The third-order valence-corrected chi connectivity index (χ3v) is 6.69. The van der Waals surface area contributed by atoms with Gasteiger partial charge in [-0.15, -0.1) is 0 Å². The second-order valence-electron chi connectivity index (χ2n) is 8.41. The fourth-order valence-corrected chi connectivity index (χ4v) is 5.24. The molecule has 1 aliphatic carbocycles. The van der Waals surface area contributed by atoms with Crippen molar-refractivity contribution in [3.05, 3.63) is 66.8 Å². The molecule has 1 aromatic carbocycles. The van der Waals surface area contributed by atoms with Crippen LogP contribution in [0.2, 0.25) is 0 Å². The number of aromatic nitrogens is 2. The number of hydrogen-bond donors (Lipinski definition) is 1. The van der Waals surface area contributed by atoms with Gasteiger partial charge in [-0.05, 0) is 43.1 Å². The first kappa shape index (κ1) is 20.5. The van der Waals surface area contributed by atoms with Gasteiger partial charge >= 0.3 is 5.97 Å². The van der Waals surface area contributed by atoms with Gasteiger partial charge in [-0.1, -0.05) is 42.5 Å². The lowest BCUT2D eigenvalue weighted by Crippen LogP contribution is -2.40. The smallest absolute Gasteiger partial charge is 0.303 e. The molecule has 0 spiro atoms. The second-order valence-corrected chi connectivity index (χ2v) is 8.41. The van der Waals surface area contributed by atoms with E-state index in [4.69, 9.17) is 9.84 Å². The minimum absolute atomic E-state index is 0.0484. The highest BCUT2D eigenvalue weighted by atomic mass is 16.5. The maximum absolute atomic E-state index is 12.8. The first-order chi connectivity index (χ1) is 14.6. The molecule has 2 aromatic rings. The molecule has 2 fully saturated rings. The van der Waals surface area contributed by atoms with E-state index in [1.165, 1.54) is 5.56 Å². The Labute approximate surface area is 176 Å². The molecular formula is C24H28N2O4. The van der Waals surface area contributed by atoms with E-state index in [0.717, 1.165) is 19.3 Å². The van der Waals surface area contributed by atoms with Crippen LogP contribution in [0.4, 0.5) is 0 Å². The van der Waals surface area contributed by atoms with Crippen LogP contribution >= 0.6 is 0 Å². The molecule has 0 unspecified atom stereocenters. The molecule has 1 saturated heterocycles. The molecule has 6 heteroatoms. The number of imidazole rings is 1. The first-order valence-corrected chi connectivity index (χ1v) is 10.7. The fourth-order valence-electron chi connectivity index (χ4n) is 5.24. The lowest BCUT2D eigenvalue weighted by molar-refractivity contribution is -0.137. The number of carbonyl (C=O) groups is 2. The summed E-state index contributed by atoms with van der Waals surface area (Å²) in [6.07, 6.45) is 13.1. The Kier molecular flexibility index (Phi) is 6.13. The molecular weight excluding hydrogens is 380 g/mol. The lowest BCUT2D eigenvalue weighted by atomic mass is 9.68. The van der Waals surface area contributed by atoms with Gasteiger partial charge in [0.05, 0.1) is 12.7 Å². The summed E-state index contributed by atoms with van der Waals surface area (Å²) in [6.45, 7) is 0.689. The Morgan fingerprint density at radius 3 is 2.83 bits per heavy atom. The van der Waals surface area contributed by atoms with Gasteiger partial charge in [-0.25, -0.2) is 4.98 Å². The molecule has 0 amide bonds. The van der Waals surface area contributed by atoms with E-state index >= 15 is 0 Å². The minimum Gasteiger partial charge on any atom is -0.481 e. The van der Waals surface area contributed by atoms with Crippen LogP contribution in [-0.2, 0) is 14.9 Å². The second kappa shape index (κ2) is 8.96. The highest BCUT2D eigenvalue weighted by Gasteiger charge is 2.59. The van der Waals surface area contributed by atoms with Crippen molar-refractivity contribution in [2.45, 2.75) is 50.0 Å². The van der Waals surface area contributed by atoms with Gasteiger partial charge in [0.15, 0.2) is 0 Å². The van der Waals surface area contributed by atoms with E-state index in [-0.39, 0.29) is 29.8 Å². The van der Waals surface area contributed by atoms with Crippen molar-refractivity contribution in [2.24, 2.45) is 11.8 Å². The number of benzene rings is 1. The summed E-state index contributed by atoms with van der Waals surface area (Å²) in [7, 11) is 0. The van der Waals surface area contributed by atoms with Gasteiger partial charge in [0.25, 0.3) is 0 Å². The van der Waals surface area contributed by atoms with Crippen LogP contribution in [0, 0.1) is 11.8 Å². The van der Waals surface area contributed by atoms with Crippen molar-refractivity contribution < 1.29 is 19.4 Å². The van der Waals surface area contributed by atoms with Crippen molar-refractivity contribution in [1.82, 2.24) is 9.55 Å². The first-order valence-electron chi connectivity index (χ1n) is 10.7. The topological polar surface area (TPSA) is 81.4 Å². The standard InChI is InChI=1S/C24H28N2O4/c27-22(26-13-12-25-17-26)14-19-20(10-6-1-2-7-11-23(28)29)24(15-21(19)30-16-24)18-8-4-3-5-9-18/h1,3-6,8-9,12-13,17,19-21H,2,7,10-11,14-16H2,(H,28,29)/b6-1-/t19-,20+,21+,24+/m1/s1. The number of aliphatic carboxylic acids is 1. The van der Waals surface area contributed by atoms with E-state index in [2.05, 4.69) is 41.4 Å². The van der Waals surface area contributed by atoms with E-state index in [0.29, 0.717) is 25.4 Å². The number of unbranched alkanes of at least 4 members (excludes halogenated alkanes) is 1. The lowest BCUT2D eigenvalue weighted by Gasteiger charge is -2.39. The van der Waals surface area contributed by atoms with Crippen LogP contribution < -0.4 is 0 Å². The van der Waals surface area contributed by atoms with Crippen molar-refractivity contribution in [2.75, 3.05) is 6.61 Å². The number of rotatable bonds is 9. The molecule has 2 heterocycles. The predicted octanol–water partition coefficient (Wildman–Crippen LogP) is 4.09. The maximum atomic E-state index is 12.8. The van der Waals surface area contributed by atoms with Gasteiger partial charge in [-0.3, -0.25) is 14.2 Å². The quantitative estimate of drug-likeness (QED) is 0.499. The van der Waals surface area contributed by atoms with E-state index in [1.807, 2.05) is 6.07 Å². The average molecular weight is 408 g/mol. The predicted molar refractivity (Wildman–Crippen MR) is 112 cm³/mol. The Morgan fingerprint density at radius 2 is 2.10 bits per heavy atom. The Balaban J connectivity index is 1.52. The van der Waals surface area contributed by atoms with E-state index in [1.54, 1.807) is 23.3 Å². The summed E-state index contributed by atoms with van der Waals surface area (Å²) >= 11 is 0. The third kappa shape index (κ3) is 4.10. The molecule has 1 N–H and O–H groups in total. The Bertz CT molecular complexity index is 893. The molecule has 4 atom stereocenters. The van der Waals surface area contributed by atoms with Gasteiger partial charge in [0.1, 0.15) is 6.33 Å². The number of allylic oxidation sites excluding steroid dienone is 2. The van der Waals surface area contributed by atoms with Crippen molar-refractivity contribution in [3.8, 4) is 0 Å². The third-order valence-electron chi connectivity index (χ3n) is 6.69. The highest BCUT2D eigenvalue weighted by Crippen LogP contribution is 2.57. The summed E-state index contributed by atoms with van der Waals surface area (Å²) in [5, 5.41) is 8.79. The zero-order valence-corrected chi connectivity index (χ0v) is 17.0. The molecule has 1 aromatic heterocycles. The molecule has 1 saturated carbocycles. The largest absolute Gasteiger partial charge is 0.481 e. The summed E-state index contributed by atoms with van der Waals surface area (Å²) in [4.78, 5) is 27.5. The molecule has 2 bridgehead atoms.